The minimum atomic E-state index is -3.68. The number of benzene rings is 1. The first-order valence-electron chi connectivity index (χ1n) is 11.5. The minimum Gasteiger partial charge on any atom is -0.462 e. The molecule has 4 rings (SSSR count). The van der Waals surface area contributed by atoms with Gasteiger partial charge in [-0.05, 0) is 73.9 Å². The number of thiophene rings is 1. The van der Waals surface area contributed by atoms with Crippen molar-refractivity contribution in [1.82, 2.24) is 9.21 Å². The van der Waals surface area contributed by atoms with E-state index in [4.69, 9.17) is 4.74 Å². The van der Waals surface area contributed by atoms with Crippen molar-refractivity contribution in [2.45, 2.75) is 50.5 Å². The fraction of sp³-hybridized carbons (Fsp3) is 0.500. The molecule has 0 radical (unpaired) electrons. The van der Waals surface area contributed by atoms with Gasteiger partial charge in [0.2, 0.25) is 15.9 Å². The molecule has 0 N–H and O–H groups in total. The summed E-state index contributed by atoms with van der Waals surface area (Å²) in [6.45, 7) is 5.45. The molecule has 1 amide bonds. The summed E-state index contributed by atoms with van der Waals surface area (Å²) in [5.41, 5.74) is 1.59. The van der Waals surface area contributed by atoms with Gasteiger partial charge >= 0.3 is 5.97 Å². The van der Waals surface area contributed by atoms with Crippen molar-refractivity contribution < 1.29 is 22.7 Å². The molecule has 2 aliphatic heterocycles. The fourth-order valence-electron chi connectivity index (χ4n) is 4.80. The van der Waals surface area contributed by atoms with E-state index in [0.29, 0.717) is 31.5 Å². The average molecular weight is 491 g/mol. The molecule has 1 atom stereocenters. The van der Waals surface area contributed by atoms with E-state index in [-0.39, 0.29) is 29.4 Å². The zero-order valence-electron chi connectivity index (χ0n) is 19.0. The van der Waals surface area contributed by atoms with Gasteiger partial charge in [0, 0.05) is 30.4 Å². The van der Waals surface area contributed by atoms with Gasteiger partial charge in [-0.15, -0.1) is 11.3 Å². The topological polar surface area (TPSA) is 84.0 Å². The lowest BCUT2D eigenvalue weighted by atomic mass is 9.92. The molecule has 1 saturated heterocycles. The first kappa shape index (κ1) is 23.9. The van der Waals surface area contributed by atoms with Crippen molar-refractivity contribution in [2.75, 3.05) is 26.2 Å². The van der Waals surface area contributed by atoms with Gasteiger partial charge in [-0.2, -0.15) is 4.31 Å². The van der Waals surface area contributed by atoms with Crippen molar-refractivity contribution in [3.63, 3.8) is 0 Å². The van der Waals surface area contributed by atoms with E-state index >= 15 is 0 Å². The predicted molar refractivity (Wildman–Crippen MR) is 127 cm³/mol. The maximum absolute atomic E-state index is 13.4. The molecule has 0 aliphatic carbocycles. The highest BCUT2D eigenvalue weighted by molar-refractivity contribution is 7.89. The van der Waals surface area contributed by atoms with Gasteiger partial charge in [0.25, 0.3) is 0 Å². The van der Waals surface area contributed by atoms with Crippen molar-refractivity contribution in [2.24, 2.45) is 5.92 Å². The first-order chi connectivity index (χ1) is 15.9. The molecule has 1 aromatic heterocycles. The Balaban J connectivity index is 1.40. The molecule has 33 heavy (non-hydrogen) atoms. The number of sulfonamides is 1. The maximum atomic E-state index is 13.4. The Morgan fingerprint density at radius 3 is 2.39 bits per heavy atom. The average Bonchev–Trinajstić information content (AvgIpc) is 3.32. The number of piperidine rings is 1. The Labute approximate surface area is 199 Å². The number of hydrogen-bond acceptors (Lipinski definition) is 6. The molecule has 9 heteroatoms. The van der Waals surface area contributed by atoms with Gasteiger partial charge in [0.05, 0.1) is 23.1 Å². The van der Waals surface area contributed by atoms with Crippen LogP contribution < -0.4 is 0 Å². The first-order valence-corrected chi connectivity index (χ1v) is 13.8. The second-order valence-electron chi connectivity index (χ2n) is 8.43. The standard InChI is InChI=1S/C24H30N2O5S2/c1-3-21-20-12-16-32-22(20)11-15-26(21)23(27)17-9-13-25(14-10-17)33(29,30)19-7-5-18(6-8-19)24(28)31-4-2/h5-8,12,16-17,21H,3-4,9-11,13-15H2,1-2H3/t21-/m0/s1. The maximum Gasteiger partial charge on any atom is 0.338 e. The van der Waals surface area contributed by atoms with Crippen LogP contribution in [0.25, 0.3) is 0 Å². The van der Waals surface area contributed by atoms with Crippen LogP contribution in [0.3, 0.4) is 0 Å². The Morgan fingerprint density at radius 1 is 1.06 bits per heavy atom. The number of ether oxygens (including phenoxy) is 1. The largest absolute Gasteiger partial charge is 0.462 e. The highest BCUT2D eigenvalue weighted by atomic mass is 32.2. The van der Waals surface area contributed by atoms with Crippen LogP contribution in [0.5, 0.6) is 0 Å². The Bertz CT molecular complexity index is 1100. The van der Waals surface area contributed by atoms with Crippen LogP contribution in [0, 0.1) is 5.92 Å². The lowest BCUT2D eigenvalue weighted by Crippen LogP contribution is -2.47. The molecule has 2 aliphatic rings. The third kappa shape index (κ3) is 4.72. The van der Waals surface area contributed by atoms with Crippen LogP contribution >= 0.6 is 11.3 Å². The minimum absolute atomic E-state index is 0.118. The molecule has 2 aromatic rings. The number of esters is 1. The van der Waals surface area contributed by atoms with E-state index < -0.39 is 16.0 Å². The van der Waals surface area contributed by atoms with Gasteiger partial charge in [-0.25, -0.2) is 13.2 Å². The van der Waals surface area contributed by atoms with E-state index in [9.17, 15) is 18.0 Å². The molecular weight excluding hydrogens is 460 g/mol. The van der Waals surface area contributed by atoms with E-state index in [1.165, 1.54) is 39.0 Å². The van der Waals surface area contributed by atoms with E-state index in [1.807, 2.05) is 4.90 Å². The summed E-state index contributed by atoms with van der Waals surface area (Å²) < 4.78 is 32.6. The van der Waals surface area contributed by atoms with Crippen molar-refractivity contribution in [1.29, 1.82) is 0 Å². The van der Waals surface area contributed by atoms with Crippen LogP contribution in [0.2, 0.25) is 0 Å². The Morgan fingerprint density at radius 2 is 1.76 bits per heavy atom. The second-order valence-corrected chi connectivity index (χ2v) is 11.4. The molecule has 0 bridgehead atoms. The summed E-state index contributed by atoms with van der Waals surface area (Å²) in [7, 11) is -3.68. The predicted octanol–water partition coefficient (Wildman–Crippen LogP) is 3.86. The number of amides is 1. The lowest BCUT2D eigenvalue weighted by Gasteiger charge is -2.39. The zero-order chi connectivity index (χ0) is 23.6. The SMILES string of the molecule is CCOC(=O)c1ccc(S(=O)(=O)N2CCC(C(=O)N3CCc4sccc4[C@@H]3CC)CC2)cc1. The number of carbonyl (C=O) groups is 2. The van der Waals surface area contributed by atoms with Gasteiger partial charge in [0.15, 0.2) is 0 Å². The molecule has 3 heterocycles. The summed E-state index contributed by atoms with van der Waals surface area (Å²) in [5.74, 6) is -0.482. The highest BCUT2D eigenvalue weighted by Crippen LogP contribution is 2.37. The summed E-state index contributed by atoms with van der Waals surface area (Å²) >= 11 is 1.76. The van der Waals surface area contributed by atoms with Crippen LogP contribution in [0.4, 0.5) is 0 Å². The Kier molecular flexibility index (Phi) is 7.21. The number of nitrogens with zero attached hydrogens (tertiary/aromatic N) is 2. The second kappa shape index (κ2) is 9.95. The molecule has 0 unspecified atom stereocenters. The van der Waals surface area contributed by atoms with Crippen LogP contribution in [0.1, 0.15) is 60.0 Å². The number of fused-ring (bicyclic) bond motifs is 1. The molecule has 178 valence electrons. The van der Waals surface area contributed by atoms with Gasteiger partial charge in [0.1, 0.15) is 0 Å². The lowest BCUT2D eigenvalue weighted by molar-refractivity contribution is -0.139. The number of hydrogen-bond donors (Lipinski definition) is 0. The summed E-state index contributed by atoms with van der Waals surface area (Å²) in [4.78, 5) is 28.7. The van der Waals surface area contributed by atoms with Crippen LogP contribution in [-0.4, -0.2) is 55.7 Å². The summed E-state index contributed by atoms with van der Waals surface area (Å²) in [6.07, 6.45) is 2.81. The van der Waals surface area contributed by atoms with Gasteiger partial charge in [-0.1, -0.05) is 6.92 Å². The normalized spacial score (nSPS) is 19.8. The molecule has 0 spiro atoms. The molecule has 1 fully saturated rings. The summed E-state index contributed by atoms with van der Waals surface area (Å²) in [6, 6.07) is 8.08. The quantitative estimate of drug-likeness (QED) is 0.574. The van der Waals surface area contributed by atoms with E-state index in [2.05, 4.69) is 18.4 Å². The third-order valence-electron chi connectivity index (χ3n) is 6.57. The monoisotopic (exact) mass is 490 g/mol. The molecule has 1 aromatic carbocycles. The molecule has 7 nitrogen and oxygen atoms in total. The number of carbonyl (C=O) groups excluding carboxylic acids is 2. The summed E-state index contributed by atoms with van der Waals surface area (Å²) in [5, 5.41) is 2.10. The van der Waals surface area contributed by atoms with E-state index in [1.54, 1.807) is 18.3 Å². The third-order valence-corrected chi connectivity index (χ3v) is 9.48. The molecular formula is C24H30N2O5S2. The van der Waals surface area contributed by atoms with E-state index in [0.717, 1.165) is 19.4 Å². The van der Waals surface area contributed by atoms with Gasteiger partial charge in [-0.3, -0.25) is 4.79 Å². The molecule has 0 saturated carbocycles. The van der Waals surface area contributed by atoms with Crippen molar-refractivity contribution >= 4 is 33.2 Å². The fourth-order valence-corrected chi connectivity index (χ4v) is 7.20. The van der Waals surface area contributed by atoms with Gasteiger partial charge < -0.3 is 9.64 Å². The van der Waals surface area contributed by atoms with Crippen LogP contribution in [-0.2, 0) is 26.0 Å². The Hall–Kier alpha value is -2.23. The van der Waals surface area contributed by atoms with Crippen LogP contribution in [0.15, 0.2) is 40.6 Å². The number of rotatable bonds is 6. The zero-order valence-corrected chi connectivity index (χ0v) is 20.7. The highest BCUT2D eigenvalue weighted by Gasteiger charge is 2.37. The van der Waals surface area contributed by atoms with Crippen molar-refractivity contribution in [3.8, 4) is 0 Å². The van der Waals surface area contributed by atoms with Crippen molar-refractivity contribution in [3.05, 3.63) is 51.7 Å². The smallest absolute Gasteiger partial charge is 0.338 e.